The van der Waals surface area contributed by atoms with Gasteiger partial charge >= 0.3 is 0 Å². The second-order valence-electron chi connectivity index (χ2n) is 7.27. The maximum atomic E-state index is 13.9. The first kappa shape index (κ1) is 23.3. The molecule has 34 heavy (non-hydrogen) atoms. The largest absolute Gasteiger partial charge is 0.489 e. The molecule has 5 nitrogen and oxygen atoms in total. The molecule has 3 aromatic carbocycles. The second-order valence-corrected chi connectivity index (χ2v) is 7.71. The predicted molar refractivity (Wildman–Crippen MR) is 118 cm³/mol. The molecule has 4 aromatic rings. The van der Waals surface area contributed by atoms with E-state index < -0.39 is 41.3 Å². The van der Waals surface area contributed by atoms with Crippen LogP contribution in [-0.2, 0) is 13.2 Å². The van der Waals surface area contributed by atoms with Gasteiger partial charge in [0.1, 0.15) is 18.2 Å². The van der Waals surface area contributed by atoms with Gasteiger partial charge in [-0.05, 0) is 35.9 Å². The molecule has 1 N–H and O–H groups in total. The molecule has 0 radical (unpaired) electrons. The molecule has 0 saturated carbocycles. The summed E-state index contributed by atoms with van der Waals surface area (Å²) in [6, 6.07) is 13.9. The van der Waals surface area contributed by atoms with Gasteiger partial charge < -0.3 is 10.1 Å². The Labute approximate surface area is 196 Å². The highest BCUT2D eigenvalue weighted by atomic mass is 35.5. The van der Waals surface area contributed by atoms with Crippen molar-refractivity contribution in [1.29, 1.82) is 0 Å². The highest BCUT2D eigenvalue weighted by Crippen LogP contribution is 2.21. The zero-order chi connectivity index (χ0) is 24.2. The molecule has 0 unspecified atom stereocenters. The van der Waals surface area contributed by atoms with Crippen LogP contribution in [0.2, 0.25) is 5.02 Å². The van der Waals surface area contributed by atoms with Crippen molar-refractivity contribution < 1.29 is 27.1 Å². The lowest BCUT2D eigenvalue weighted by atomic mass is 10.1. The first-order valence-corrected chi connectivity index (χ1v) is 10.3. The first-order chi connectivity index (χ1) is 16.3. The minimum atomic E-state index is -1.77. The van der Waals surface area contributed by atoms with Crippen molar-refractivity contribution in [3.8, 4) is 5.75 Å². The zero-order valence-electron chi connectivity index (χ0n) is 17.4. The lowest BCUT2D eigenvalue weighted by molar-refractivity contribution is 0.102. The highest BCUT2D eigenvalue weighted by molar-refractivity contribution is 6.30. The monoisotopic (exact) mass is 489 g/mol. The standard InChI is InChI=1S/C24H16ClF4N3O2/c25-16-5-2-6-18(8-16)34-13-14-3-1-4-15(7-14)24(33)31-17-10-30-32(11-17)12-19-20(26)9-21(27)23(29)22(19)28/h1-11H,12-13H2,(H,31,33). The van der Waals surface area contributed by atoms with Crippen LogP contribution in [0.15, 0.2) is 67.0 Å². The number of nitrogens with one attached hydrogen (secondary N) is 1. The van der Waals surface area contributed by atoms with Crippen molar-refractivity contribution in [2.45, 2.75) is 13.2 Å². The quantitative estimate of drug-likeness (QED) is 0.198. The molecular formula is C24H16ClF4N3O2. The van der Waals surface area contributed by atoms with Crippen molar-refractivity contribution in [2.75, 3.05) is 5.32 Å². The topological polar surface area (TPSA) is 56.2 Å². The van der Waals surface area contributed by atoms with Gasteiger partial charge in [0.15, 0.2) is 17.5 Å². The van der Waals surface area contributed by atoms with Crippen LogP contribution in [0, 0.1) is 23.3 Å². The maximum absolute atomic E-state index is 13.9. The molecule has 4 rings (SSSR count). The molecule has 1 amide bonds. The molecular weight excluding hydrogens is 474 g/mol. The Balaban J connectivity index is 1.41. The second kappa shape index (κ2) is 9.96. The zero-order valence-corrected chi connectivity index (χ0v) is 18.1. The first-order valence-electron chi connectivity index (χ1n) is 9.93. The minimum Gasteiger partial charge on any atom is -0.489 e. The van der Waals surface area contributed by atoms with E-state index in [-0.39, 0.29) is 18.4 Å². The Hall–Kier alpha value is -3.85. The molecule has 0 aliphatic rings. The van der Waals surface area contributed by atoms with Crippen molar-refractivity contribution in [3.63, 3.8) is 0 Å². The number of ether oxygens (including phenoxy) is 1. The average Bonchev–Trinajstić information content (AvgIpc) is 3.26. The van der Waals surface area contributed by atoms with E-state index in [1.807, 2.05) is 0 Å². The fourth-order valence-corrected chi connectivity index (χ4v) is 3.33. The molecule has 10 heteroatoms. The van der Waals surface area contributed by atoms with Gasteiger partial charge in [0.05, 0.1) is 18.4 Å². The van der Waals surface area contributed by atoms with E-state index in [0.29, 0.717) is 16.3 Å². The molecule has 0 spiro atoms. The summed E-state index contributed by atoms with van der Waals surface area (Å²) in [4.78, 5) is 12.6. The van der Waals surface area contributed by atoms with Crippen LogP contribution in [-0.4, -0.2) is 15.7 Å². The van der Waals surface area contributed by atoms with Crippen LogP contribution in [0.3, 0.4) is 0 Å². The van der Waals surface area contributed by atoms with Crippen LogP contribution in [0.1, 0.15) is 21.5 Å². The van der Waals surface area contributed by atoms with E-state index in [9.17, 15) is 22.4 Å². The molecule has 174 valence electrons. The Kier molecular flexibility index (Phi) is 6.83. The molecule has 0 atom stereocenters. The Morgan fingerprint density at radius 2 is 1.79 bits per heavy atom. The lowest BCUT2D eigenvalue weighted by Gasteiger charge is -2.08. The summed E-state index contributed by atoms with van der Waals surface area (Å²) in [5.41, 5.74) is 0.645. The molecule has 0 bridgehead atoms. The van der Waals surface area contributed by atoms with Gasteiger partial charge in [0.2, 0.25) is 0 Å². The number of benzene rings is 3. The van der Waals surface area contributed by atoms with Crippen molar-refractivity contribution in [1.82, 2.24) is 9.78 Å². The van der Waals surface area contributed by atoms with E-state index >= 15 is 0 Å². The van der Waals surface area contributed by atoms with E-state index in [4.69, 9.17) is 16.3 Å². The van der Waals surface area contributed by atoms with Crippen LogP contribution >= 0.6 is 11.6 Å². The molecule has 1 heterocycles. The Morgan fingerprint density at radius 1 is 1.00 bits per heavy atom. The van der Waals surface area contributed by atoms with E-state index in [1.165, 1.54) is 12.4 Å². The third kappa shape index (κ3) is 5.37. The van der Waals surface area contributed by atoms with Crippen LogP contribution in [0.5, 0.6) is 5.75 Å². The van der Waals surface area contributed by atoms with Gasteiger partial charge in [-0.3, -0.25) is 9.48 Å². The van der Waals surface area contributed by atoms with Crippen LogP contribution < -0.4 is 10.1 Å². The number of hydrogen-bond acceptors (Lipinski definition) is 3. The smallest absolute Gasteiger partial charge is 0.255 e. The van der Waals surface area contributed by atoms with Gasteiger partial charge in [-0.25, -0.2) is 17.6 Å². The summed E-state index contributed by atoms with van der Waals surface area (Å²) in [5, 5.41) is 7.07. The summed E-state index contributed by atoms with van der Waals surface area (Å²) in [6.45, 7) is -0.286. The third-order valence-corrected chi connectivity index (χ3v) is 5.05. The van der Waals surface area contributed by atoms with Gasteiger partial charge in [0.25, 0.3) is 5.91 Å². The van der Waals surface area contributed by atoms with E-state index in [1.54, 1.807) is 48.5 Å². The SMILES string of the molecule is O=C(Nc1cnn(Cc2c(F)cc(F)c(F)c2F)c1)c1cccc(COc2cccc(Cl)c2)c1. The summed E-state index contributed by atoms with van der Waals surface area (Å²) in [5.74, 6) is -6.12. The molecule has 1 aromatic heterocycles. The number of rotatable bonds is 7. The van der Waals surface area contributed by atoms with E-state index in [0.717, 1.165) is 10.2 Å². The normalized spacial score (nSPS) is 10.9. The number of carbonyl (C=O) groups is 1. The summed E-state index contributed by atoms with van der Waals surface area (Å²) in [6.07, 6.45) is 2.57. The van der Waals surface area contributed by atoms with Gasteiger partial charge in [-0.1, -0.05) is 29.8 Å². The van der Waals surface area contributed by atoms with Gasteiger partial charge in [-0.2, -0.15) is 5.10 Å². The number of hydrogen-bond donors (Lipinski definition) is 1. The van der Waals surface area contributed by atoms with Gasteiger partial charge in [-0.15, -0.1) is 0 Å². The van der Waals surface area contributed by atoms with Crippen molar-refractivity contribution in [3.05, 3.63) is 112 Å². The maximum Gasteiger partial charge on any atom is 0.255 e. The lowest BCUT2D eigenvalue weighted by Crippen LogP contribution is -2.12. The molecule has 0 saturated heterocycles. The summed E-state index contributed by atoms with van der Waals surface area (Å²) >= 11 is 5.94. The number of nitrogens with zero attached hydrogens (tertiary/aromatic N) is 2. The molecule has 0 fully saturated rings. The third-order valence-electron chi connectivity index (χ3n) is 4.81. The minimum absolute atomic E-state index is 0.213. The fraction of sp³-hybridized carbons (Fsp3) is 0.0833. The number of aromatic nitrogens is 2. The highest BCUT2D eigenvalue weighted by Gasteiger charge is 2.19. The fourth-order valence-electron chi connectivity index (χ4n) is 3.15. The van der Waals surface area contributed by atoms with Crippen molar-refractivity contribution in [2.24, 2.45) is 0 Å². The van der Waals surface area contributed by atoms with Crippen LogP contribution in [0.4, 0.5) is 23.2 Å². The van der Waals surface area contributed by atoms with Gasteiger partial charge in [0, 0.05) is 28.4 Å². The summed E-state index contributed by atoms with van der Waals surface area (Å²) in [7, 11) is 0. The Bertz CT molecular complexity index is 1360. The Morgan fingerprint density at radius 3 is 2.59 bits per heavy atom. The average molecular weight is 490 g/mol. The molecule has 0 aliphatic carbocycles. The summed E-state index contributed by atoms with van der Waals surface area (Å²) < 4.78 is 61.1. The van der Waals surface area contributed by atoms with E-state index in [2.05, 4.69) is 10.4 Å². The number of carbonyl (C=O) groups excluding carboxylic acids is 1. The van der Waals surface area contributed by atoms with Crippen LogP contribution in [0.25, 0.3) is 0 Å². The van der Waals surface area contributed by atoms with Crippen molar-refractivity contribution >= 4 is 23.2 Å². The number of anilines is 1. The number of amides is 1. The number of halogens is 5. The predicted octanol–water partition coefficient (Wildman–Crippen LogP) is 5.97. The molecule has 0 aliphatic heterocycles.